The third-order valence-corrected chi connectivity index (χ3v) is 2.81. The lowest BCUT2D eigenvalue weighted by atomic mass is 9.92. The molecule has 1 aromatic rings. The Bertz CT molecular complexity index is 292. The molecule has 1 saturated heterocycles. The van der Waals surface area contributed by atoms with E-state index in [2.05, 4.69) is 5.32 Å². The second-order valence-electron chi connectivity index (χ2n) is 4.05. The quantitative estimate of drug-likeness (QED) is 0.760. The van der Waals surface area contributed by atoms with E-state index in [1.807, 2.05) is 6.07 Å². The zero-order valence-electron chi connectivity index (χ0n) is 8.30. The normalized spacial score (nSPS) is 22.2. The Morgan fingerprint density at radius 3 is 3.07 bits per heavy atom. The summed E-state index contributed by atoms with van der Waals surface area (Å²) in [4.78, 5) is 0. The molecule has 0 radical (unpaired) electrons. The predicted molar refractivity (Wildman–Crippen MR) is 55.7 cm³/mol. The van der Waals surface area contributed by atoms with Gasteiger partial charge in [0.1, 0.15) is 5.82 Å². The van der Waals surface area contributed by atoms with Gasteiger partial charge in [-0.05, 0) is 56.0 Å². The highest BCUT2D eigenvalue weighted by Crippen LogP contribution is 2.16. The largest absolute Gasteiger partial charge is 0.316 e. The van der Waals surface area contributed by atoms with E-state index >= 15 is 0 Å². The summed E-state index contributed by atoms with van der Waals surface area (Å²) in [5, 5.41) is 3.38. The molecule has 1 aliphatic heterocycles. The summed E-state index contributed by atoms with van der Waals surface area (Å²) in [6.45, 7) is 2.22. The Kier molecular flexibility index (Phi) is 3.14. The van der Waals surface area contributed by atoms with Gasteiger partial charge in [-0.15, -0.1) is 0 Å². The fourth-order valence-electron chi connectivity index (χ4n) is 2.10. The van der Waals surface area contributed by atoms with Crippen LogP contribution in [-0.4, -0.2) is 13.1 Å². The molecule has 1 atom stereocenters. The molecule has 0 aliphatic carbocycles. The van der Waals surface area contributed by atoms with Crippen molar-refractivity contribution in [2.75, 3.05) is 13.1 Å². The van der Waals surface area contributed by atoms with Gasteiger partial charge in [-0.3, -0.25) is 0 Å². The van der Waals surface area contributed by atoms with Crippen molar-refractivity contribution in [3.05, 3.63) is 35.6 Å². The molecular weight excluding hydrogens is 177 g/mol. The van der Waals surface area contributed by atoms with Gasteiger partial charge in [-0.2, -0.15) is 0 Å². The van der Waals surface area contributed by atoms with Crippen LogP contribution in [0.15, 0.2) is 24.3 Å². The molecule has 0 saturated carbocycles. The highest BCUT2D eigenvalue weighted by atomic mass is 19.1. The molecule has 76 valence electrons. The van der Waals surface area contributed by atoms with E-state index in [0.717, 1.165) is 25.1 Å². The van der Waals surface area contributed by atoms with Crippen molar-refractivity contribution < 1.29 is 4.39 Å². The molecule has 0 aromatic heterocycles. The van der Waals surface area contributed by atoms with Gasteiger partial charge >= 0.3 is 0 Å². The van der Waals surface area contributed by atoms with Crippen molar-refractivity contribution in [3.63, 3.8) is 0 Å². The summed E-state index contributed by atoms with van der Waals surface area (Å²) >= 11 is 0. The van der Waals surface area contributed by atoms with Crippen molar-refractivity contribution in [3.8, 4) is 0 Å². The lowest BCUT2D eigenvalue weighted by Gasteiger charge is -2.22. The van der Waals surface area contributed by atoms with Gasteiger partial charge in [0, 0.05) is 0 Å². The number of halogens is 1. The third-order valence-electron chi connectivity index (χ3n) is 2.81. The molecule has 2 rings (SSSR count). The molecule has 1 aliphatic rings. The van der Waals surface area contributed by atoms with E-state index in [-0.39, 0.29) is 5.82 Å². The second kappa shape index (κ2) is 4.56. The molecule has 2 heteroatoms. The van der Waals surface area contributed by atoms with Gasteiger partial charge in [-0.1, -0.05) is 12.1 Å². The van der Waals surface area contributed by atoms with Crippen LogP contribution in [0, 0.1) is 11.7 Å². The van der Waals surface area contributed by atoms with Crippen LogP contribution in [0.1, 0.15) is 18.4 Å². The Morgan fingerprint density at radius 1 is 1.43 bits per heavy atom. The highest BCUT2D eigenvalue weighted by Gasteiger charge is 2.13. The van der Waals surface area contributed by atoms with E-state index in [4.69, 9.17) is 0 Å². The first-order valence-corrected chi connectivity index (χ1v) is 5.30. The number of hydrogen-bond donors (Lipinski definition) is 1. The van der Waals surface area contributed by atoms with Crippen LogP contribution >= 0.6 is 0 Å². The Balaban J connectivity index is 1.95. The molecule has 0 bridgehead atoms. The molecule has 1 nitrogen and oxygen atoms in total. The van der Waals surface area contributed by atoms with E-state index in [1.54, 1.807) is 12.1 Å². The van der Waals surface area contributed by atoms with Crippen molar-refractivity contribution in [1.82, 2.24) is 5.32 Å². The van der Waals surface area contributed by atoms with Gasteiger partial charge in [-0.25, -0.2) is 4.39 Å². The van der Waals surface area contributed by atoms with Gasteiger partial charge in [0.15, 0.2) is 0 Å². The summed E-state index contributed by atoms with van der Waals surface area (Å²) in [6.07, 6.45) is 3.52. The molecule has 1 fully saturated rings. The molecule has 1 aromatic carbocycles. The summed E-state index contributed by atoms with van der Waals surface area (Å²) in [7, 11) is 0. The minimum Gasteiger partial charge on any atom is -0.316 e. The molecule has 1 heterocycles. The van der Waals surface area contributed by atoms with Gasteiger partial charge < -0.3 is 5.32 Å². The first-order valence-electron chi connectivity index (χ1n) is 5.30. The molecule has 0 unspecified atom stereocenters. The first kappa shape index (κ1) is 9.66. The number of nitrogens with one attached hydrogen (secondary N) is 1. The van der Waals surface area contributed by atoms with Crippen LogP contribution in [-0.2, 0) is 6.42 Å². The Hall–Kier alpha value is -0.890. The maximum atomic E-state index is 12.9. The predicted octanol–water partition coefficient (Wildman–Crippen LogP) is 2.37. The van der Waals surface area contributed by atoms with Crippen molar-refractivity contribution in [2.45, 2.75) is 19.3 Å². The molecule has 0 amide bonds. The Morgan fingerprint density at radius 2 is 2.36 bits per heavy atom. The van der Waals surface area contributed by atoms with Crippen molar-refractivity contribution >= 4 is 0 Å². The van der Waals surface area contributed by atoms with E-state index < -0.39 is 0 Å². The standard InChI is InChI=1S/C12H16FN/c13-12-5-1-3-10(8-12)7-11-4-2-6-14-9-11/h1,3,5,8,11,14H,2,4,6-7,9H2/t11-/m1/s1. The minimum atomic E-state index is -0.119. The maximum absolute atomic E-state index is 12.9. The Labute approximate surface area is 84.3 Å². The lowest BCUT2D eigenvalue weighted by molar-refractivity contribution is 0.375. The first-order chi connectivity index (χ1) is 6.84. The van der Waals surface area contributed by atoms with Crippen molar-refractivity contribution in [2.24, 2.45) is 5.92 Å². The smallest absolute Gasteiger partial charge is 0.123 e. The summed E-state index contributed by atoms with van der Waals surface area (Å²) in [6, 6.07) is 6.95. The molecule has 1 N–H and O–H groups in total. The van der Waals surface area contributed by atoms with E-state index in [1.165, 1.54) is 18.9 Å². The van der Waals surface area contributed by atoms with Crippen LogP contribution in [0.2, 0.25) is 0 Å². The molecular formula is C12H16FN. The number of piperidine rings is 1. The lowest BCUT2D eigenvalue weighted by Crippen LogP contribution is -2.30. The zero-order chi connectivity index (χ0) is 9.80. The van der Waals surface area contributed by atoms with E-state index in [0.29, 0.717) is 5.92 Å². The number of benzene rings is 1. The average molecular weight is 193 g/mol. The average Bonchev–Trinajstić information content (AvgIpc) is 2.19. The van der Waals surface area contributed by atoms with E-state index in [9.17, 15) is 4.39 Å². The van der Waals surface area contributed by atoms with Gasteiger partial charge in [0.25, 0.3) is 0 Å². The van der Waals surface area contributed by atoms with Crippen molar-refractivity contribution in [1.29, 1.82) is 0 Å². The fraction of sp³-hybridized carbons (Fsp3) is 0.500. The minimum absolute atomic E-state index is 0.119. The zero-order valence-corrected chi connectivity index (χ0v) is 8.30. The summed E-state index contributed by atoms with van der Waals surface area (Å²) < 4.78 is 12.9. The monoisotopic (exact) mass is 193 g/mol. The van der Waals surface area contributed by atoms with Crippen LogP contribution in [0.3, 0.4) is 0 Å². The summed E-state index contributed by atoms with van der Waals surface area (Å²) in [5.74, 6) is 0.566. The molecule has 14 heavy (non-hydrogen) atoms. The number of hydrogen-bond acceptors (Lipinski definition) is 1. The van der Waals surface area contributed by atoms with Crippen LogP contribution in [0.25, 0.3) is 0 Å². The summed E-state index contributed by atoms with van der Waals surface area (Å²) in [5.41, 5.74) is 1.12. The van der Waals surface area contributed by atoms with Gasteiger partial charge in [0.05, 0.1) is 0 Å². The van der Waals surface area contributed by atoms with Crippen LogP contribution in [0.5, 0.6) is 0 Å². The molecule has 0 spiro atoms. The van der Waals surface area contributed by atoms with Crippen LogP contribution in [0.4, 0.5) is 4.39 Å². The topological polar surface area (TPSA) is 12.0 Å². The second-order valence-corrected chi connectivity index (χ2v) is 4.05. The number of rotatable bonds is 2. The third kappa shape index (κ3) is 2.55. The van der Waals surface area contributed by atoms with Gasteiger partial charge in [0.2, 0.25) is 0 Å². The SMILES string of the molecule is Fc1cccc(C[C@H]2CCCNC2)c1. The van der Waals surface area contributed by atoms with Crippen LogP contribution < -0.4 is 5.32 Å². The maximum Gasteiger partial charge on any atom is 0.123 e. The fourth-order valence-corrected chi connectivity index (χ4v) is 2.10. The highest BCUT2D eigenvalue weighted by molar-refractivity contribution is 5.17.